The van der Waals surface area contributed by atoms with Gasteiger partial charge in [0.1, 0.15) is 16.3 Å². The van der Waals surface area contributed by atoms with E-state index in [1.807, 2.05) is 0 Å². The number of methoxy groups -OCH3 is 1. The number of aromatic nitrogens is 2. The summed E-state index contributed by atoms with van der Waals surface area (Å²) in [5.74, 6) is -2.61. The molecule has 10 nitrogen and oxygen atoms in total. The van der Waals surface area contributed by atoms with Gasteiger partial charge in [-0.25, -0.2) is 22.8 Å². The number of carbonyl (C=O) groups is 1. The van der Waals surface area contributed by atoms with Gasteiger partial charge in [0.05, 0.1) is 36.8 Å². The van der Waals surface area contributed by atoms with Crippen molar-refractivity contribution in [2.24, 2.45) is 10.7 Å². The first-order chi connectivity index (χ1) is 14.2. The predicted molar refractivity (Wildman–Crippen MR) is 116 cm³/mol. The molecule has 1 aromatic rings. The first-order valence-corrected chi connectivity index (χ1v) is 11.5. The number of halogens is 1. The van der Waals surface area contributed by atoms with Crippen molar-refractivity contribution >= 4 is 21.6 Å². The number of nitrogens with one attached hydrogen (secondary N) is 2. The maximum absolute atomic E-state index is 15.7. The topological polar surface area (TPSA) is 149 Å². The van der Waals surface area contributed by atoms with Crippen molar-refractivity contribution in [2.75, 3.05) is 19.9 Å². The Bertz CT molecular complexity index is 953. The average Bonchev–Trinajstić information content (AvgIpc) is 2.70. The van der Waals surface area contributed by atoms with E-state index in [4.69, 9.17) is 10.5 Å². The molecule has 12 heteroatoms. The molecule has 1 amide bonds. The minimum Gasteiger partial charge on any atom is -0.480 e. The van der Waals surface area contributed by atoms with Crippen LogP contribution in [0.5, 0.6) is 5.88 Å². The number of aliphatic imine (C=N–C) groups is 1. The fourth-order valence-corrected chi connectivity index (χ4v) is 5.02. The summed E-state index contributed by atoms with van der Waals surface area (Å²) in [7, 11) is -0.716. The molecule has 0 spiro atoms. The highest BCUT2D eigenvalue weighted by atomic mass is 32.2. The normalized spacial score (nSPS) is 25.1. The number of sulfone groups is 1. The third-order valence-corrected chi connectivity index (χ3v) is 8.60. The van der Waals surface area contributed by atoms with Crippen LogP contribution in [-0.4, -0.2) is 72.2 Å². The zero-order valence-electron chi connectivity index (χ0n) is 18.7. The van der Waals surface area contributed by atoms with Gasteiger partial charge in [0.15, 0.2) is 15.6 Å². The Hall–Kier alpha value is -2.34. The molecular weight excluding hydrogens is 427 g/mol. The Morgan fingerprint density at radius 3 is 2.48 bits per heavy atom. The quantitative estimate of drug-likeness (QED) is 0.479. The van der Waals surface area contributed by atoms with Crippen molar-refractivity contribution < 1.29 is 22.3 Å². The van der Waals surface area contributed by atoms with Crippen molar-refractivity contribution in [1.82, 2.24) is 20.6 Å². The number of carbonyl (C=O) groups excluding carboxylic acids is 1. The van der Waals surface area contributed by atoms with Crippen LogP contribution in [0, 0.1) is 0 Å². The average molecular weight is 459 g/mol. The lowest BCUT2D eigenvalue weighted by Gasteiger charge is -2.39. The molecule has 0 saturated heterocycles. The van der Waals surface area contributed by atoms with E-state index >= 15 is 4.39 Å². The second kappa shape index (κ2) is 8.65. The number of hydrogen-bond acceptors (Lipinski definition) is 9. The van der Waals surface area contributed by atoms with Crippen LogP contribution in [-0.2, 0) is 9.84 Å². The number of hydrogen-bond donors (Lipinski definition) is 3. The lowest BCUT2D eigenvalue weighted by atomic mass is 9.91. The van der Waals surface area contributed by atoms with E-state index in [-0.39, 0.29) is 36.0 Å². The number of ether oxygens (including phenoxy) is 1. The van der Waals surface area contributed by atoms with Crippen LogP contribution >= 0.6 is 0 Å². The Balaban J connectivity index is 2.12. The molecule has 0 radical (unpaired) electrons. The van der Waals surface area contributed by atoms with E-state index in [1.54, 1.807) is 6.92 Å². The largest absolute Gasteiger partial charge is 0.480 e. The summed E-state index contributed by atoms with van der Waals surface area (Å²) in [5, 5.41) is 5.16. The Kier molecular flexibility index (Phi) is 6.96. The van der Waals surface area contributed by atoms with Crippen LogP contribution in [0.2, 0.25) is 0 Å². The molecule has 1 aliphatic rings. The highest BCUT2D eigenvalue weighted by Gasteiger charge is 2.49. The van der Waals surface area contributed by atoms with Crippen LogP contribution in [0.25, 0.3) is 0 Å². The lowest BCUT2D eigenvalue weighted by molar-refractivity contribution is 0.0546. The van der Waals surface area contributed by atoms with Crippen LogP contribution < -0.4 is 21.1 Å². The first-order valence-electron chi connectivity index (χ1n) is 9.82. The molecule has 3 atom stereocenters. The molecule has 0 aliphatic carbocycles. The second-order valence-electron chi connectivity index (χ2n) is 8.51. The van der Waals surface area contributed by atoms with Gasteiger partial charge in [-0.2, -0.15) is 0 Å². The first kappa shape index (κ1) is 24.9. The van der Waals surface area contributed by atoms with Crippen LogP contribution in [0.3, 0.4) is 0 Å². The van der Waals surface area contributed by atoms with Gasteiger partial charge in [-0.3, -0.25) is 15.1 Å². The van der Waals surface area contributed by atoms with E-state index in [0.29, 0.717) is 0 Å². The highest BCUT2D eigenvalue weighted by Crippen LogP contribution is 2.34. The standard InChI is InChI=1S/C19H31FN6O4S/c1-12(25-15(27)13-9-24-14(30-6)10-23-13)19(20,22-5)8-7-18(4)11-31(28,29)17(2,3)16(21)26-18/h9-10,12,22H,7-8,11H2,1-6H3,(H2,21,26)(H,25,27)/t12?,18-,19?/m1/s1. The van der Waals surface area contributed by atoms with Gasteiger partial charge in [-0.15, -0.1) is 0 Å². The van der Waals surface area contributed by atoms with Crippen LogP contribution in [0.4, 0.5) is 4.39 Å². The minimum atomic E-state index is -3.57. The zero-order valence-corrected chi connectivity index (χ0v) is 19.5. The molecule has 31 heavy (non-hydrogen) atoms. The van der Waals surface area contributed by atoms with Crippen molar-refractivity contribution in [3.8, 4) is 5.88 Å². The Labute approximate surface area is 182 Å². The Morgan fingerprint density at radius 1 is 1.35 bits per heavy atom. The number of rotatable bonds is 8. The molecule has 4 N–H and O–H groups in total. The summed E-state index contributed by atoms with van der Waals surface area (Å²) in [6, 6.07) is -0.963. The van der Waals surface area contributed by atoms with Crippen molar-refractivity contribution in [2.45, 2.75) is 62.7 Å². The third-order valence-electron chi connectivity index (χ3n) is 5.83. The molecule has 0 fully saturated rings. The van der Waals surface area contributed by atoms with E-state index in [0.717, 1.165) is 0 Å². The van der Waals surface area contributed by atoms with Gasteiger partial charge in [-0.1, -0.05) is 0 Å². The zero-order chi connectivity index (χ0) is 23.7. The maximum Gasteiger partial charge on any atom is 0.271 e. The molecule has 0 bridgehead atoms. The monoisotopic (exact) mass is 458 g/mol. The second-order valence-corrected chi connectivity index (χ2v) is 11.1. The maximum atomic E-state index is 15.7. The summed E-state index contributed by atoms with van der Waals surface area (Å²) >= 11 is 0. The van der Waals surface area contributed by atoms with Crippen LogP contribution in [0.15, 0.2) is 17.4 Å². The van der Waals surface area contributed by atoms with Crippen molar-refractivity contribution in [3.63, 3.8) is 0 Å². The molecular formula is C19H31FN6O4S. The van der Waals surface area contributed by atoms with Crippen molar-refractivity contribution in [3.05, 3.63) is 18.1 Å². The van der Waals surface area contributed by atoms with Crippen LogP contribution in [0.1, 0.15) is 51.0 Å². The smallest absolute Gasteiger partial charge is 0.271 e. The van der Waals surface area contributed by atoms with Gasteiger partial charge >= 0.3 is 0 Å². The van der Waals surface area contributed by atoms with E-state index < -0.39 is 37.9 Å². The van der Waals surface area contributed by atoms with Gasteiger partial charge in [0, 0.05) is 0 Å². The molecule has 0 saturated carbocycles. The third kappa shape index (κ3) is 5.12. The van der Waals surface area contributed by atoms with E-state index in [2.05, 4.69) is 25.6 Å². The SMILES string of the molecule is CNC(F)(CC[C@]1(C)CS(=O)(=O)C(C)(C)C(N)=N1)C(C)NC(=O)c1cnc(OC)cn1. The summed E-state index contributed by atoms with van der Waals surface area (Å²) in [4.78, 5) is 24.7. The summed E-state index contributed by atoms with van der Waals surface area (Å²) in [6.07, 6.45) is 2.51. The fraction of sp³-hybridized carbons (Fsp3) is 0.684. The van der Waals surface area contributed by atoms with Gasteiger partial charge < -0.3 is 15.8 Å². The molecule has 2 unspecified atom stereocenters. The highest BCUT2D eigenvalue weighted by molar-refractivity contribution is 7.93. The minimum absolute atomic E-state index is 0.00889. The Morgan fingerprint density at radius 2 is 2.00 bits per heavy atom. The van der Waals surface area contributed by atoms with Gasteiger partial charge in [0.25, 0.3) is 5.91 Å². The number of nitrogens with two attached hydrogens (primary N) is 1. The molecule has 0 aromatic carbocycles. The summed E-state index contributed by atoms with van der Waals surface area (Å²) < 4.78 is 44.6. The lowest BCUT2D eigenvalue weighted by Crippen LogP contribution is -2.58. The number of likely N-dealkylation sites (N-methyl/N-ethyl adjacent to an activating group) is 1. The van der Waals surface area contributed by atoms with Crippen molar-refractivity contribution in [1.29, 1.82) is 0 Å². The summed E-state index contributed by atoms with van der Waals surface area (Å²) in [5.41, 5.74) is 4.87. The number of amides is 1. The number of nitrogens with zero attached hydrogens (tertiary/aromatic N) is 3. The van der Waals surface area contributed by atoms with E-state index in [1.165, 1.54) is 47.3 Å². The fourth-order valence-electron chi connectivity index (χ4n) is 3.27. The molecule has 2 rings (SSSR count). The summed E-state index contributed by atoms with van der Waals surface area (Å²) in [6.45, 7) is 6.16. The molecule has 174 valence electrons. The van der Waals surface area contributed by atoms with Gasteiger partial charge in [0.2, 0.25) is 5.88 Å². The predicted octanol–water partition coefficient (Wildman–Crippen LogP) is 0.592. The molecule has 1 aliphatic heterocycles. The number of alkyl halides is 1. The molecule has 1 aromatic heterocycles. The van der Waals surface area contributed by atoms with E-state index in [9.17, 15) is 13.2 Å². The number of amidine groups is 1. The van der Waals surface area contributed by atoms with Gasteiger partial charge in [-0.05, 0) is 47.6 Å². The molecule has 2 heterocycles.